The van der Waals surface area contributed by atoms with Crippen LogP contribution in [0.2, 0.25) is 0 Å². The molecule has 1 aromatic heterocycles. The summed E-state index contributed by atoms with van der Waals surface area (Å²) < 4.78 is 5.14. The summed E-state index contributed by atoms with van der Waals surface area (Å²) in [6, 6.07) is 9.45. The Morgan fingerprint density at radius 3 is 2.48 bits per heavy atom. The Labute approximate surface area is 163 Å². The van der Waals surface area contributed by atoms with Crippen LogP contribution < -0.4 is 10.1 Å². The average molecular weight is 388 g/mol. The van der Waals surface area contributed by atoms with Crippen molar-refractivity contribution in [1.82, 2.24) is 15.1 Å². The summed E-state index contributed by atoms with van der Waals surface area (Å²) >= 11 is 1.52. The van der Waals surface area contributed by atoms with Crippen molar-refractivity contribution in [1.29, 1.82) is 0 Å². The van der Waals surface area contributed by atoms with Crippen molar-refractivity contribution in [3.8, 4) is 5.75 Å². The molecule has 27 heavy (non-hydrogen) atoms. The number of rotatable bonds is 7. The highest BCUT2D eigenvalue weighted by Crippen LogP contribution is 2.13. The van der Waals surface area contributed by atoms with Crippen LogP contribution in [-0.2, 0) is 11.2 Å². The minimum absolute atomic E-state index is 0.0236. The quantitative estimate of drug-likeness (QED) is 0.788. The van der Waals surface area contributed by atoms with Crippen molar-refractivity contribution in [2.75, 3.05) is 46.4 Å². The second-order valence-electron chi connectivity index (χ2n) is 6.52. The predicted octanol–water partition coefficient (Wildman–Crippen LogP) is 1.87. The van der Waals surface area contributed by atoms with Gasteiger partial charge in [0.1, 0.15) is 5.75 Å². The number of piperazine rings is 1. The van der Waals surface area contributed by atoms with Crippen LogP contribution in [0.15, 0.2) is 41.1 Å². The first-order valence-corrected chi connectivity index (χ1v) is 10.0. The van der Waals surface area contributed by atoms with Crippen molar-refractivity contribution >= 4 is 23.2 Å². The zero-order valence-electron chi connectivity index (χ0n) is 15.5. The van der Waals surface area contributed by atoms with Gasteiger partial charge in [-0.15, -0.1) is 0 Å². The van der Waals surface area contributed by atoms with Gasteiger partial charge in [0.05, 0.1) is 13.5 Å². The molecule has 0 bridgehead atoms. The van der Waals surface area contributed by atoms with Gasteiger partial charge in [0, 0.05) is 50.2 Å². The number of hydrogen-bond donors (Lipinski definition) is 1. The number of amides is 2. The van der Waals surface area contributed by atoms with Crippen LogP contribution in [-0.4, -0.2) is 68.0 Å². The molecule has 7 heteroatoms. The van der Waals surface area contributed by atoms with Crippen LogP contribution in [0.25, 0.3) is 0 Å². The molecule has 0 saturated carbocycles. The first-order chi connectivity index (χ1) is 13.2. The molecule has 1 aromatic carbocycles. The van der Waals surface area contributed by atoms with Crippen LogP contribution in [0, 0.1) is 0 Å². The minimum Gasteiger partial charge on any atom is -0.497 e. The fourth-order valence-corrected chi connectivity index (χ4v) is 3.71. The van der Waals surface area contributed by atoms with Gasteiger partial charge >= 0.3 is 0 Å². The zero-order valence-corrected chi connectivity index (χ0v) is 16.3. The Hall–Kier alpha value is -2.38. The number of methoxy groups -OCH3 is 1. The molecule has 3 rings (SSSR count). The number of thiophene rings is 1. The van der Waals surface area contributed by atoms with Crippen molar-refractivity contribution in [2.45, 2.75) is 6.42 Å². The van der Waals surface area contributed by atoms with Gasteiger partial charge in [-0.1, -0.05) is 12.1 Å². The topological polar surface area (TPSA) is 61.9 Å². The van der Waals surface area contributed by atoms with E-state index in [1.807, 2.05) is 46.0 Å². The van der Waals surface area contributed by atoms with Gasteiger partial charge in [-0.3, -0.25) is 14.5 Å². The lowest BCUT2D eigenvalue weighted by molar-refractivity contribution is -0.132. The number of nitrogens with one attached hydrogen (secondary N) is 1. The maximum absolute atomic E-state index is 12.5. The molecule has 2 heterocycles. The lowest BCUT2D eigenvalue weighted by atomic mass is 10.1. The lowest BCUT2D eigenvalue weighted by Gasteiger charge is -2.34. The number of hydrogen-bond acceptors (Lipinski definition) is 5. The van der Waals surface area contributed by atoms with E-state index < -0.39 is 0 Å². The molecule has 2 aromatic rings. The molecule has 2 amide bonds. The molecule has 1 aliphatic heterocycles. The van der Waals surface area contributed by atoms with Gasteiger partial charge in [0.2, 0.25) is 5.91 Å². The second-order valence-corrected chi connectivity index (χ2v) is 7.30. The zero-order chi connectivity index (χ0) is 19.1. The molecule has 1 N–H and O–H groups in total. The normalized spacial score (nSPS) is 14.8. The van der Waals surface area contributed by atoms with Crippen LogP contribution in [0.1, 0.15) is 15.9 Å². The summed E-state index contributed by atoms with van der Waals surface area (Å²) in [5.41, 5.74) is 1.72. The molecule has 0 atom stereocenters. The highest BCUT2D eigenvalue weighted by Gasteiger charge is 2.21. The van der Waals surface area contributed by atoms with Gasteiger partial charge in [-0.25, -0.2) is 0 Å². The Balaban J connectivity index is 1.36. The summed E-state index contributed by atoms with van der Waals surface area (Å²) in [6.45, 7) is 4.55. The van der Waals surface area contributed by atoms with Crippen LogP contribution >= 0.6 is 11.3 Å². The molecule has 0 spiro atoms. The van der Waals surface area contributed by atoms with Crippen molar-refractivity contribution in [3.63, 3.8) is 0 Å². The highest BCUT2D eigenvalue weighted by atomic mass is 32.1. The van der Waals surface area contributed by atoms with E-state index in [-0.39, 0.29) is 11.8 Å². The minimum atomic E-state index is -0.0236. The summed E-state index contributed by atoms with van der Waals surface area (Å²) in [7, 11) is 1.63. The largest absolute Gasteiger partial charge is 0.497 e. The molecule has 6 nitrogen and oxygen atoms in total. The van der Waals surface area contributed by atoms with E-state index in [1.165, 1.54) is 11.3 Å². The maximum atomic E-state index is 12.5. The van der Waals surface area contributed by atoms with Gasteiger partial charge < -0.3 is 15.0 Å². The third-order valence-electron chi connectivity index (χ3n) is 4.74. The second kappa shape index (κ2) is 9.53. The smallest absolute Gasteiger partial charge is 0.252 e. The Morgan fingerprint density at radius 2 is 1.85 bits per heavy atom. The van der Waals surface area contributed by atoms with Crippen molar-refractivity contribution < 1.29 is 14.3 Å². The van der Waals surface area contributed by atoms with Crippen molar-refractivity contribution in [2.24, 2.45) is 0 Å². The van der Waals surface area contributed by atoms with Gasteiger partial charge in [-0.2, -0.15) is 11.3 Å². The van der Waals surface area contributed by atoms with E-state index in [2.05, 4.69) is 10.2 Å². The Kier molecular flexibility index (Phi) is 6.84. The maximum Gasteiger partial charge on any atom is 0.252 e. The van der Waals surface area contributed by atoms with Gasteiger partial charge in [0.25, 0.3) is 5.91 Å². The molecule has 1 aliphatic rings. The number of ether oxygens (including phenoxy) is 1. The number of benzene rings is 1. The third kappa shape index (κ3) is 5.55. The highest BCUT2D eigenvalue weighted by molar-refractivity contribution is 7.08. The summed E-state index contributed by atoms with van der Waals surface area (Å²) in [6.07, 6.45) is 0.417. The van der Waals surface area contributed by atoms with Crippen LogP contribution in [0.3, 0.4) is 0 Å². The Morgan fingerprint density at radius 1 is 1.11 bits per heavy atom. The molecule has 1 fully saturated rings. The molecular weight excluding hydrogens is 362 g/mol. The molecule has 0 aliphatic carbocycles. The van der Waals surface area contributed by atoms with E-state index in [0.29, 0.717) is 18.5 Å². The van der Waals surface area contributed by atoms with Gasteiger partial charge in [0.15, 0.2) is 0 Å². The van der Waals surface area contributed by atoms with Crippen LogP contribution in [0.5, 0.6) is 5.75 Å². The van der Waals surface area contributed by atoms with Crippen molar-refractivity contribution in [3.05, 3.63) is 52.2 Å². The summed E-state index contributed by atoms with van der Waals surface area (Å²) in [4.78, 5) is 28.6. The fraction of sp³-hybridized carbons (Fsp3) is 0.400. The summed E-state index contributed by atoms with van der Waals surface area (Å²) in [5, 5.41) is 6.69. The first kappa shape index (κ1) is 19.4. The fourth-order valence-electron chi connectivity index (χ4n) is 3.07. The number of carbonyl (C=O) groups is 2. The predicted molar refractivity (Wildman–Crippen MR) is 106 cm³/mol. The number of nitrogens with zero attached hydrogens (tertiary/aromatic N) is 2. The lowest BCUT2D eigenvalue weighted by Crippen LogP contribution is -2.50. The molecule has 0 unspecified atom stereocenters. The van der Waals surface area contributed by atoms with E-state index in [0.717, 1.165) is 44.0 Å². The number of carbonyl (C=O) groups excluding carboxylic acids is 2. The molecule has 144 valence electrons. The third-order valence-corrected chi connectivity index (χ3v) is 5.42. The Bertz CT molecular complexity index is 738. The van der Waals surface area contributed by atoms with E-state index in [1.54, 1.807) is 7.11 Å². The standard InChI is InChI=1S/C20H25N3O3S/c1-26-18-4-2-16(3-5-18)14-19(24)23-11-9-22(10-12-23)8-7-21-20(25)17-6-13-27-15-17/h2-6,13,15H,7-12,14H2,1H3,(H,21,25). The molecular formula is C20H25N3O3S. The van der Waals surface area contributed by atoms with Crippen LogP contribution in [0.4, 0.5) is 0 Å². The summed E-state index contributed by atoms with van der Waals surface area (Å²) in [5.74, 6) is 0.932. The first-order valence-electron chi connectivity index (χ1n) is 9.09. The van der Waals surface area contributed by atoms with E-state index in [9.17, 15) is 9.59 Å². The SMILES string of the molecule is COc1ccc(CC(=O)N2CCN(CCNC(=O)c3ccsc3)CC2)cc1. The molecule has 1 saturated heterocycles. The monoisotopic (exact) mass is 387 g/mol. The average Bonchev–Trinajstić information content (AvgIpc) is 3.24. The van der Waals surface area contributed by atoms with Gasteiger partial charge in [-0.05, 0) is 29.1 Å². The van der Waals surface area contributed by atoms with E-state index >= 15 is 0 Å². The van der Waals surface area contributed by atoms with E-state index in [4.69, 9.17) is 4.74 Å². The molecule has 0 radical (unpaired) electrons.